The molecule has 1 aromatic rings. The first-order valence-corrected chi connectivity index (χ1v) is 6.69. The molecule has 1 rings (SSSR count). The van der Waals surface area contributed by atoms with Gasteiger partial charge in [0.05, 0.1) is 6.04 Å². The van der Waals surface area contributed by atoms with Crippen molar-refractivity contribution in [1.82, 2.24) is 10.6 Å². The monoisotopic (exact) mass is 268 g/mol. The highest BCUT2D eigenvalue weighted by Crippen LogP contribution is 2.22. The van der Waals surface area contributed by atoms with Gasteiger partial charge in [-0.25, -0.2) is 0 Å². The van der Waals surface area contributed by atoms with Gasteiger partial charge in [0, 0.05) is 17.5 Å². The van der Waals surface area contributed by atoms with Crippen LogP contribution >= 0.6 is 11.6 Å². The average Bonchev–Trinajstić information content (AvgIpc) is 2.36. The molecule has 0 fully saturated rings. The molecule has 18 heavy (non-hydrogen) atoms. The molecule has 0 spiro atoms. The number of rotatable bonds is 6. The molecular formula is C14H21ClN2O. The molecule has 0 aliphatic heterocycles. The molecule has 100 valence electrons. The maximum absolute atomic E-state index is 11.9. The van der Waals surface area contributed by atoms with Gasteiger partial charge in [0.25, 0.3) is 0 Å². The van der Waals surface area contributed by atoms with Crippen LogP contribution in [0.2, 0.25) is 5.02 Å². The predicted octanol–water partition coefficient (Wildman–Crippen LogP) is 2.76. The van der Waals surface area contributed by atoms with Crippen LogP contribution in [-0.4, -0.2) is 19.0 Å². The number of carbonyl (C=O) groups is 1. The lowest BCUT2D eigenvalue weighted by molar-refractivity contribution is -0.125. The van der Waals surface area contributed by atoms with Crippen LogP contribution in [0, 0.1) is 5.92 Å². The smallest absolute Gasteiger partial charge is 0.224 e. The van der Waals surface area contributed by atoms with E-state index in [0.29, 0.717) is 11.6 Å². The van der Waals surface area contributed by atoms with E-state index in [1.807, 2.05) is 45.0 Å². The van der Waals surface area contributed by atoms with Crippen molar-refractivity contribution >= 4 is 17.5 Å². The van der Waals surface area contributed by atoms with Crippen molar-refractivity contribution in [3.63, 3.8) is 0 Å². The fraction of sp³-hybridized carbons (Fsp3) is 0.500. The second-order valence-electron chi connectivity index (χ2n) is 4.46. The highest BCUT2D eigenvalue weighted by molar-refractivity contribution is 6.31. The van der Waals surface area contributed by atoms with E-state index in [1.165, 1.54) is 0 Å². The molecule has 0 saturated carbocycles. The Hall–Kier alpha value is -1.06. The molecule has 2 atom stereocenters. The summed E-state index contributed by atoms with van der Waals surface area (Å²) in [6.07, 6.45) is 0. The molecule has 1 aromatic carbocycles. The fourth-order valence-corrected chi connectivity index (χ4v) is 2.01. The van der Waals surface area contributed by atoms with Crippen LogP contribution in [0.1, 0.15) is 32.4 Å². The van der Waals surface area contributed by atoms with Crippen LogP contribution in [0.3, 0.4) is 0 Å². The number of benzene rings is 1. The normalized spacial score (nSPS) is 14.0. The molecule has 0 aliphatic rings. The third-order valence-corrected chi connectivity index (χ3v) is 3.22. The summed E-state index contributed by atoms with van der Waals surface area (Å²) in [6.45, 7) is 7.45. The summed E-state index contributed by atoms with van der Waals surface area (Å²) in [5.74, 6) is -0.00161. The number of nitrogens with one attached hydrogen (secondary N) is 2. The van der Waals surface area contributed by atoms with Crippen molar-refractivity contribution in [3.8, 4) is 0 Å². The Morgan fingerprint density at radius 1 is 1.33 bits per heavy atom. The van der Waals surface area contributed by atoms with Gasteiger partial charge in [0.2, 0.25) is 5.91 Å². The summed E-state index contributed by atoms with van der Waals surface area (Å²) in [5.41, 5.74) is 0.947. The van der Waals surface area contributed by atoms with E-state index < -0.39 is 0 Å². The minimum Gasteiger partial charge on any atom is -0.349 e. The Labute approximate surface area is 114 Å². The molecule has 0 radical (unpaired) electrons. The van der Waals surface area contributed by atoms with Crippen molar-refractivity contribution in [2.24, 2.45) is 5.92 Å². The lowest BCUT2D eigenvalue weighted by Gasteiger charge is -2.19. The third kappa shape index (κ3) is 4.31. The highest BCUT2D eigenvalue weighted by atomic mass is 35.5. The summed E-state index contributed by atoms with van der Waals surface area (Å²) in [5, 5.41) is 6.83. The first kappa shape index (κ1) is 15.0. The number of hydrogen-bond acceptors (Lipinski definition) is 2. The summed E-state index contributed by atoms with van der Waals surface area (Å²) in [7, 11) is 0. The van der Waals surface area contributed by atoms with E-state index >= 15 is 0 Å². The zero-order chi connectivity index (χ0) is 13.5. The Morgan fingerprint density at radius 2 is 2.00 bits per heavy atom. The zero-order valence-electron chi connectivity index (χ0n) is 11.2. The van der Waals surface area contributed by atoms with Gasteiger partial charge in [0.15, 0.2) is 0 Å². The van der Waals surface area contributed by atoms with Crippen LogP contribution in [0.15, 0.2) is 24.3 Å². The molecular weight excluding hydrogens is 248 g/mol. The Balaban J connectivity index is 2.57. The number of amides is 1. The molecule has 0 heterocycles. The van der Waals surface area contributed by atoms with E-state index in [0.717, 1.165) is 12.1 Å². The quantitative estimate of drug-likeness (QED) is 0.833. The molecule has 1 amide bonds. The largest absolute Gasteiger partial charge is 0.349 e. The topological polar surface area (TPSA) is 41.1 Å². The van der Waals surface area contributed by atoms with Gasteiger partial charge in [-0.1, -0.05) is 43.6 Å². The minimum atomic E-state index is -0.0738. The minimum absolute atomic E-state index is 0.0448. The second-order valence-corrected chi connectivity index (χ2v) is 4.87. The molecule has 3 nitrogen and oxygen atoms in total. The van der Waals surface area contributed by atoms with Crippen LogP contribution in [0.25, 0.3) is 0 Å². The fourth-order valence-electron chi connectivity index (χ4n) is 1.71. The van der Waals surface area contributed by atoms with Crippen LogP contribution in [-0.2, 0) is 4.79 Å². The molecule has 0 bridgehead atoms. The third-order valence-electron chi connectivity index (χ3n) is 2.88. The molecule has 4 heteroatoms. The summed E-state index contributed by atoms with van der Waals surface area (Å²) in [4.78, 5) is 11.9. The Bertz CT molecular complexity index is 395. The molecule has 2 N–H and O–H groups in total. The van der Waals surface area contributed by atoms with E-state index in [1.54, 1.807) is 0 Å². The molecule has 0 saturated heterocycles. The van der Waals surface area contributed by atoms with Gasteiger partial charge in [-0.05, 0) is 25.1 Å². The first-order valence-electron chi connectivity index (χ1n) is 6.31. The van der Waals surface area contributed by atoms with Crippen LogP contribution in [0.5, 0.6) is 0 Å². The van der Waals surface area contributed by atoms with Crippen LogP contribution in [0.4, 0.5) is 0 Å². The average molecular weight is 269 g/mol. The highest BCUT2D eigenvalue weighted by Gasteiger charge is 2.16. The van der Waals surface area contributed by atoms with Gasteiger partial charge in [-0.15, -0.1) is 0 Å². The van der Waals surface area contributed by atoms with E-state index in [4.69, 9.17) is 11.6 Å². The first-order chi connectivity index (χ1) is 8.56. The van der Waals surface area contributed by atoms with Crippen molar-refractivity contribution < 1.29 is 4.79 Å². The lowest BCUT2D eigenvalue weighted by Crippen LogP contribution is -2.36. The number of carbonyl (C=O) groups excluding carboxylic acids is 1. The van der Waals surface area contributed by atoms with Gasteiger partial charge >= 0.3 is 0 Å². The van der Waals surface area contributed by atoms with E-state index in [-0.39, 0.29) is 17.9 Å². The summed E-state index contributed by atoms with van der Waals surface area (Å²) >= 11 is 6.10. The summed E-state index contributed by atoms with van der Waals surface area (Å²) < 4.78 is 0. The summed E-state index contributed by atoms with van der Waals surface area (Å²) in [6, 6.07) is 7.50. The zero-order valence-corrected chi connectivity index (χ0v) is 11.9. The standard InChI is InChI=1S/C14H21ClN2O/c1-4-16-9-10(2)14(18)17-11(3)12-7-5-6-8-13(12)15/h5-8,10-11,16H,4,9H2,1-3H3,(H,17,18). The van der Waals surface area contributed by atoms with Crippen LogP contribution < -0.4 is 10.6 Å². The maximum Gasteiger partial charge on any atom is 0.224 e. The Morgan fingerprint density at radius 3 is 2.61 bits per heavy atom. The SMILES string of the molecule is CCNCC(C)C(=O)NC(C)c1ccccc1Cl. The molecule has 0 aliphatic carbocycles. The van der Waals surface area contributed by atoms with Gasteiger partial charge in [-0.2, -0.15) is 0 Å². The van der Waals surface area contributed by atoms with Crippen molar-refractivity contribution in [3.05, 3.63) is 34.9 Å². The van der Waals surface area contributed by atoms with E-state index in [9.17, 15) is 4.79 Å². The lowest BCUT2D eigenvalue weighted by atomic mass is 10.1. The van der Waals surface area contributed by atoms with Crippen molar-refractivity contribution in [1.29, 1.82) is 0 Å². The van der Waals surface area contributed by atoms with Gasteiger partial charge < -0.3 is 10.6 Å². The molecule has 2 unspecified atom stereocenters. The van der Waals surface area contributed by atoms with Crippen molar-refractivity contribution in [2.45, 2.75) is 26.8 Å². The predicted molar refractivity (Wildman–Crippen MR) is 75.7 cm³/mol. The number of hydrogen-bond donors (Lipinski definition) is 2. The molecule has 0 aromatic heterocycles. The second kappa shape index (κ2) is 7.39. The van der Waals surface area contributed by atoms with E-state index in [2.05, 4.69) is 10.6 Å². The van der Waals surface area contributed by atoms with Crippen molar-refractivity contribution in [2.75, 3.05) is 13.1 Å². The number of halogens is 1. The maximum atomic E-state index is 11.9. The van der Waals surface area contributed by atoms with Gasteiger partial charge in [0.1, 0.15) is 0 Å². The van der Waals surface area contributed by atoms with Gasteiger partial charge in [-0.3, -0.25) is 4.79 Å². The Kier molecular flexibility index (Phi) is 6.16.